The van der Waals surface area contributed by atoms with Gasteiger partial charge in [-0.1, -0.05) is 6.07 Å². The Balaban J connectivity index is 1.90. The molecule has 0 bridgehead atoms. The van der Waals surface area contributed by atoms with E-state index in [4.69, 9.17) is 0 Å². The fourth-order valence-corrected chi connectivity index (χ4v) is 3.10. The Bertz CT molecular complexity index is 1120. The van der Waals surface area contributed by atoms with Crippen molar-refractivity contribution in [1.29, 1.82) is 0 Å². The largest absolute Gasteiger partial charge is 0.319 e. The number of nitrogens with one attached hydrogen (secondary N) is 1. The molecule has 0 aliphatic carbocycles. The number of carbonyl (C=O) groups excluding carboxylic acids is 1. The van der Waals surface area contributed by atoms with Gasteiger partial charge in [-0.05, 0) is 55.8 Å². The van der Waals surface area contributed by atoms with Crippen LogP contribution >= 0.6 is 0 Å². The van der Waals surface area contributed by atoms with E-state index in [9.17, 15) is 17.6 Å². The van der Waals surface area contributed by atoms with Gasteiger partial charge in [-0.25, -0.2) is 22.5 Å². The van der Waals surface area contributed by atoms with Crippen molar-refractivity contribution >= 4 is 21.4 Å². The molecule has 1 aromatic heterocycles. The number of hydrogen-bond acceptors (Lipinski definition) is 5. The Morgan fingerprint density at radius 2 is 1.78 bits per heavy atom. The summed E-state index contributed by atoms with van der Waals surface area (Å²) < 4.78 is 37.9. The quantitative estimate of drug-likeness (QED) is 0.742. The van der Waals surface area contributed by atoms with Gasteiger partial charge in [0.05, 0.1) is 10.6 Å². The van der Waals surface area contributed by atoms with E-state index in [1.807, 2.05) is 0 Å². The third-order valence-corrected chi connectivity index (χ3v) is 5.04. The lowest BCUT2D eigenvalue weighted by molar-refractivity contribution is 0.101. The summed E-state index contributed by atoms with van der Waals surface area (Å²) in [6, 6.07) is 10.1. The van der Waals surface area contributed by atoms with E-state index in [-0.39, 0.29) is 16.5 Å². The van der Waals surface area contributed by atoms with Gasteiger partial charge >= 0.3 is 0 Å². The number of benzene rings is 2. The summed E-state index contributed by atoms with van der Waals surface area (Å²) in [5, 5.41) is 6.80. The zero-order valence-corrected chi connectivity index (χ0v) is 15.7. The molecule has 27 heavy (non-hydrogen) atoms. The van der Waals surface area contributed by atoms with E-state index in [0.29, 0.717) is 22.8 Å². The van der Waals surface area contributed by atoms with Gasteiger partial charge in [-0.3, -0.25) is 4.79 Å². The maximum absolute atomic E-state index is 13.1. The van der Waals surface area contributed by atoms with E-state index in [0.717, 1.165) is 6.26 Å². The molecule has 0 radical (unpaired) electrons. The molecule has 0 saturated heterocycles. The minimum Gasteiger partial charge on any atom is -0.319 e. The molecule has 0 spiro atoms. The second kappa shape index (κ2) is 6.92. The van der Waals surface area contributed by atoms with Gasteiger partial charge in [0.2, 0.25) is 5.82 Å². The highest BCUT2D eigenvalue weighted by molar-refractivity contribution is 7.90. The summed E-state index contributed by atoms with van der Waals surface area (Å²) in [5.74, 6) is -0.585. The Kier molecular flexibility index (Phi) is 4.79. The normalized spacial score (nSPS) is 11.4. The number of carbonyl (C=O) groups is 1. The minimum atomic E-state index is -3.40. The molecule has 0 atom stereocenters. The van der Waals surface area contributed by atoms with Gasteiger partial charge in [-0.15, -0.1) is 5.10 Å². The molecule has 9 heteroatoms. The summed E-state index contributed by atoms with van der Waals surface area (Å²) in [4.78, 5) is 16.8. The van der Waals surface area contributed by atoms with Crippen LogP contribution < -0.4 is 5.32 Å². The predicted octanol–water partition coefficient (Wildman–Crippen LogP) is 2.68. The van der Waals surface area contributed by atoms with Crippen LogP contribution in [0, 0.1) is 19.7 Å². The summed E-state index contributed by atoms with van der Waals surface area (Å²) >= 11 is 0. The fourth-order valence-electron chi connectivity index (χ4n) is 2.46. The topological polar surface area (TPSA) is 94.0 Å². The highest BCUT2D eigenvalue weighted by Crippen LogP contribution is 2.21. The zero-order chi connectivity index (χ0) is 19.8. The average molecular weight is 388 g/mol. The van der Waals surface area contributed by atoms with E-state index >= 15 is 0 Å². The first kappa shape index (κ1) is 18.7. The van der Waals surface area contributed by atoms with Gasteiger partial charge < -0.3 is 5.32 Å². The molecule has 0 saturated carbocycles. The molecule has 0 unspecified atom stereocenters. The predicted molar refractivity (Wildman–Crippen MR) is 98.3 cm³/mol. The van der Waals surface area contributed by atoms with Crippen molar-refractivity contribution in [3.63, 3.8) is 0 Å². The van der Waals surface area contributed by atoms with Crippen molar-refractivity contribution in [3.8, 4) is 5.69 Å². The van der Waals surface area contributed by atoms with Crippen LogP contribution in [0.15, 0.2) is 47.4 Å². The van der Waals surface area contributed by atoms with Crippen molar-refractivity contribution in [2.75, 3.05) is 11.6 Å². The maximum Gasteiger partial charge on any atom is 0.295 e. The number of nitrogens with zero attached hydrogens (tertiary/aromatic N) is 3. The number of rotatable bonds is 4. The standard InChI is InChI=1S/C18H17FN4O3S/c1-11-4-9-15(27(3,25)26)10-16(11)21-18(24)17-20-12(2)23(22-17)14-7-5-13(19)6-8-14/h4-10H,1-3H3,(H,21,24). The van der Waals surface area contributed by atoms with Crippen LogP contribution in [-0.4, -0.2) is 35.3 Å². The molecular weight excluding hydrogens is 371 g/mol. The van der Waals surface area contributed by atoms with E-state index < -0.39 is 15.7 Å². The lowest BCUT2D eigenvalue weighted by Crippen LogP contribution is -2.15. The SMILES string of the molecule is Cc1ccc(S(C)(=O)=O)cc1NC(=O)c1nc(C)n(-c2ccc(F)cc2)n1. The monoisotopic (exact) mass is 388 g/mol. The number of aromatic nitrogens is 3. The van der Waals surface area contributed by atoms with Gasteiger partial charge in [-0.2, -0.15) is 0 Å². The Morgan fingerprint density at radius 1 is 1.11 bits per heavy atom. The molecule has 3 aromatic rings. The molecule has 3 rings (SSSR count). The molecule has 0 fully saturated rings. The van der Waals surface area contributed by atoms with Crippen molar-refractivity contribution in [1.82, 2.24) is 14.8 Å². The van der Waals surface area contributed by atoms with Crippen LogP contribution in [0.2, 0.25) is 0 Å². The molecule has 140 valence electrons. The number of amides is 1. The van der Waals surface area contributed by atoms with E-state index in [1.54, 1.807) is 19.9 Å². The highest BCUT2D eigenvalue weighted by atomic mass is 32.2. The third kappa shape index (κ3) is 4.03. The first-order valence-electron chi connectivity index (χ1n) is 7.97. The van der Waals surface area contributed by atoms with Crippen LogP contribution in [0.25, 0.3) is 5.69 Å². The molecular formula is C18H17FN4O3S. The maximum atomic E-state index is 13.1. The fraction of sp³-hybridized carbons (Fsp3) is 0.167. The Labute approximate surface area is 155 Å². The number of anilines is 1. The van der Waals surface area contributed by atoms with Crippen molar-refractivity contribution in [3.05, 3.63) is 65.5 Å². The smallest absolute Gasteiger partial charge is 0.295 e. The lowest BCUT2D eigenvalue weighted by atomic mass is 10.2. The van der Waals surface area contributed by atoms with Gasteiger partial charge in [0.1, 0.15) is 11.6 Å². The van der Waals surface area contributed by atoms with Crippen LogP contribution in [0.4, 0.5) is 10.1 Å². The molecule has 0 aliphatic heterocycles. The second-order valence-corrected chi connectivity index (χ2v) is 8.09. The minimum absolute atomic E-state index is 0.0824. The van der Waals surface area contributed by atoms with Crippen LogP contribution in [-0.2, 0) is 9.84 Å². The molecule has 7 nitrogen and oxygen atoms in total. The van der Waals surface area contributed by atoms with Gasteiger partial charge in [0, 0.05) is 11.9 Å². The van der Waals surface area contributed by atoms with Crippen LogP contribution in [0.1, 0.15) is 22.0 Å². The number of hydrogen-bond donors (Lipinski definition) is 1. The summed E-state index contributed by atoms with van der Waals surface area (Å²) in [6.45, 7) is 3.42. The molecule has 0 aliphatic rings. The summed E-state index contributed by atoms with van der Waals surface area (Å²) in [7, 11) is -3.40. The van der Waals surface area contributed by atoms with E-state index in [2.05, 4.69) is 15.4 Å². The zero-order valence-electron chi connectivity index (χ0n) is 14.9. The Morgan fingerprint density at radius 3 is 2.41 bits per heavy atom. The number of aryl methyl sites for hydroxylation is 2. The third-order valence-electron chi connectivity index (χ3n) is 3.93. The molecule has 2 aromatic carbocycles. The number of halogens is 1. The first-order valence-corrected chi connectivity index (χ1v) is 9.86. The molecule has 1 N–H and O–H groups in total. The van der Waals surface area contributed by atoms with E-state index in [1.165, 1.54) is 41.1 Å². The van der Waals surface area contributed by atoms with Gasteiger partial charge in [0.15, 0.2) is 9.84 Å². The van der Waals surface area contributed by atoms with Crippen LogP contribution in [0.3, 0.4) is 0 Å². The van der Waals surface area contributed by atoms with Crippen molar-refractivity contribution in [2.45, 2.75) is 18.7 Å². The summed E-state index contributed by atoms with van der Waals surface area (Å²) in [6.07, 6.45) is 1.10. The van der Waals surface area contributed by atoms with Gasteiger partial charge in [0.25, 0.3) is 5.91 Å². The molecule has 1 heterocycles. The van der Waals surface area contributed by atoms with Crippen LogP contribution in [0.5, 0.6) is 0 Å². The number of sulfone groups is 1. The first-order chi connectivity index (χ1) is 12.6. The highest BCUT2D eigenvalue weighted by Gasteiger charge is 2.17. The summed E-state index contributed by atoms with van der Waals surface area (Å²) in [5.41, 5.74) is 1.62. The van der Waals surface area contributed by atoms with Crippen molar-refractivity contribution < 1.29 is 17.6 Å². The second-order valence-electron chi connectivity index (χ2n) is 6.07. The molecule has 1 amide bonds. The lowest BCUT2D eigenvalue weighted by Gasteiger charge is -2.08. The Hall–Kier alpha value is -3.07. The van der Waals surface area contributed by atoms with Crippen molar-refractivity contribution in [2.24, 2.45) is 0 Å². The average Bonchev–Trinajstić information content (AvgIpc) is 2.98.